The average Bonchev–Trinajstić information content (AvgIpc) is 2.83. The first-order valence-electron chi connectivity index (χ1n) is 13.4. The van der Waals surface area contributed by atoms with Gasteiger partial charge in [0.05, 0.1) is 12.0 Å². The summed E-state index contributed by atoms with van der Waals surface area (Å²) in [5.74, 6) is 0.111. The largest absolute Gasteiger partial charge is 0.445 e. The lowest BCUT2D eigenvalue weighted by Crippen LogP contribution is -2.53. The van der Waals surface area contributed by atoms with Crippen molar-refractivity contribution in [3.05, 3.63) is 36.0 Å². The van der Waals surface area contributed by atoms with Crippen LogP contribution < -0.4 is 10.6 Å². The van der Waals surface area contributed by atoms with Crippen molar-refractivity contribution >= 4 is 12.0 Å². The van der Waals surface area contributed by atoms with E-state index in [0.29, 0.717) is 19.6 Å². The van der Waals surface area contributed by atoms with Crippen LogP contribution in [0.5, 0.6) is 0 Å². The maximum atomic E-state index is 13.1. The molecule has 0 heterocycles. The number of carbonyl (C=O) groups excluding carboxylic acids is 2. The Bertz CT molecular complexity index is 858. The molecule has 1 fully saturated rings. The smallest absolute Gasteiger partial charge is 0.407 e. The Hall–Kier alpha value is -2.12. The Morgan fingerprint density at radius 1 is 1.22 bits per heavy atom. The minimum absolute atomic E-state index is 0.0134. The van der Waals surface area contributed by atoms with Crippen molar-refractivity contribution in [2.24, 2.45) is 22.7 Å². The van der Waals surface area contributed by atoms with E-state index in [-0.39, 0.29) is 42.8 Å². The van der Waals surface area contributed by atoms with Gasteiger partial charge >= 0.3 is 6.09 Å². The number of ether oxygens (including phenoxy) is 3. The van der Waals surface area contributed by atoms with Crippen molar-refractivity contribution in [1.29, 1.82) is 0 Å². The molecule has 0 unspecified atom stereocenters. The topological polar surface area (TPSA) is 85.9 Å². The van der Waals surface area contributed by atoms with E-state index < -0.39 is 10.8 Å². The van der Waals surface area contributed by atoms with Gasteiger partial charge in [-0.2, -0.15) is 0 Å². The van der Waals surface area contributed by atoms with E-state index in [1.807, 2.05) is 20.8 Å². The minimum atomic E-state index is -0.598. The van der Waals surface area contributed by atoms with Gasteiger partial charge < -0.3 is 24.8 Å². The molecule has 0 aromatic heterocycles. The summed E-state index contributed by atoms with van der Waals surface area (Å²) >= 11 is 0. The zero-order chi connectivity index (χ0) is 26.3. The van der Waals surface area contributed by atoms with Gasteiger partial charge in [0.15, 0.2) is 0 Å². The van der Waals surface area contributed by atoms with Crippen LogP contribution in [0.2, 0.25) is 0 Å². The highest BCUT2D eigenvalue weighted by molar-refractivity contribution is 5.82. The van der Waals surface area contributed by atoms with Crippen molar-refractivity contribution in [2.75, 3.05) is 27.1 Å². The molecule has 0 bridgehead atoms. The lowest BCUT2D eigenvalue weighted by atomic mass is 9.57. The van der Waals surface area contributed by atoms with E-state index >= 15 is 0 Å². The van der Waals surface area contributed by atoms with Gasteiger partial charge in [-0.25, -0.2) is 4.79 Å². The first-order valence-corrected chi connectivity index (χ1v) is 13.4. The third kappa shape index (κ3) is 6.80. The number of hydrogen-bond acceptors (Lipinski definition) is 5. The van der Waals surface area contributed by atoms with Crippen molar-refractivity contribution < 1.29 is 23.8 Å². The molecule has 7 heteroatoms. The van der Waals surface area contributed by atoms with Gasteiger partial charge in [-0.05, 0) is 44.9 Å². The van der Waals surface area contributed by atoms with E-state index in [1.54, 1.807) is 7.11 Å². The first-order chi connectivity index (χ1) is 17.1. The van der Waals surface area contributed by atoms with Crippen molar-refractivity contribution in [1.82, 2.24) is 10.6 Å². The number of nitrogens with one attached hydrogen (secondary N) is 2. The van der Waals surface area contributed by atoms with Crippen LogP contribution in [0.4, 0.5) is 4.79 Å². The Morgan fingerprint density at radius 2 is 1.94 bits per heavy atom. The summed E-state index contributed by atoms with van der Waals surface area (Å²) in [6.07, 6.45) is 12.8. The number of carbonyl (C=O) groups is 2. The third-order valence-corrected chi connectivity index (χ3v) is 8.22. The SMILES string of the molecule is C=C(C)CNC(=O)C(C)(C)[C@@H]1C=C[C@@]2(COCOC)[C@@H](OC(=O)NC3CCCCC3)CC(C)=C[C@H]2C1. The van der Waals surface area contributed by atoms with Gasteiger partial charge in [-0.3, -0.25) is 4.79 Å². The van der Waals surface area contributed by atoms with Crippen LogP contribution >= 0.6 is 0 Å². The molecule has 2 amide bonds. The van der Waals surface area contributed by atoms with Crippen LogP contribution in [0, 0.1) is 22.7 Å². The Morgan fingerprint density at radius 3 is 2.61 bits per heavy atom. The lowest BCUT2D eigenvalue weighted by Gasteiger charge is -2.50. The average molecular weight is 503 g/mol. The standard InChI is InChI=1S/C29H46N2O5/c1-20(2)17-30-26(32)28(4,5)22-12-13-29(18-35-19-34-6)23(16-22)14-21(3)15-25(29)36-27(33)31-24-10-8-7-9-11-24/h12-14,22-25H,1,7-11,15-19H2,2-6H3,(H,30,32)(H,31,33)/t22-,23+,25+,29+/m1/s1. The second-order valence-electron chi connectivity index (χ2n) is 11.6. The van der Waals surface area contributed by atoms with Crippen LogP contribution in [0.25, 0.3) is 0 Å². The fourth-order valence-electron chi connectivity index (χ4n) is 5.89. The number of amides is 2. The van der Waals surface area contributed by atoms with E-state index in [0.717, 1.165) is 37.7 Å². The maximum absolute atomic E-state index is 13.1. The molecular weight excluding hydrogens is 456 g/mol. The predicted octanol–water partition coefficient (Wildman–Crippen LogP) is 5.28. The van der Waals surface area contributed by atoms with E-state index in [2.05, 4.69) is 42.4 Å². The minimum Gasteiger partial charge on any atom is -0.445 e. The molecule has 2 N–H and O–H groups in total. The van der Waals surface area contributed by atoms with Crippen molar-refractivity contribution in [3.63, 3.8) is 0 Å². The zero-order valence-electron chi connectivity index (χ0n) is 22.9. The van der Waals surface area contributed by atoms with Crippen LogP contribution in [-0.4, -0.2) is 51.2 Å². The molecule has 202 valence electrons. The van der Waals surface area contributed by atoms with E-state index in [9.17, 15) is 9.59 Å². The highest BCUT2D eigenvalue weighted by atomic mass is 16.7. The van der Waals surface area contributed by atoms with Gasteiger partial charge in [0.1, 0.15) is 12.9 Å². The van der Waals surface area contributed by atoms with Gasteiger partial charge in [-0.1, -0.05) is 69.1 Å². The zero-order valence-corrected chi connectivity index (χ0v) is 22.9. The fraction of sp³-hybridized carbons (Fsp3) is 0.724. The van der Waals surface area contributed by atoms with Crippen LogP contribution in [-0.2, 0) is 19.0 Å². The normalized spacial score (nSPS) is 28.6. The van der Waals surface area contributed by atoms with Crippen LogP contribution in [0.3, 0.4) is 0 Å². The first kappa shape index (κ1) is 28.5. The van der Waals surface area contributed by atoms with Crippen LogP contribution in [0.1, 0.15) is 72.6 Å². The fourth-order valence-corrected chi connectivity index (χ4v) is 5.89. The molecule has 0 saturated heterocycles. The van der Waals surface area contributed by atoms with E-state index in [4.69, 9.17) is 14.2 Å². The summed E-state index contributed by atoms with van der Waals surface area (Å²) < 4.78 is 17.2. The van der Waals surface area contributed by atoms with Gasteiger partial charge in [-0.15, -0.1) is 0 Å². The number of methoxy groups -OCH3 is 1. The molecule has 0 aliphatic heterocycles. The molecule has 36 heavy (non-hydrogen) atoms. The molecule has 0 radical (unpaired) electrons. The number of fused-ring (bicyclic) bond motifs is 1. The summed E-state index contributed by atoms with van der Waals surface area (Å²) in [6, 6.07) is 0.188. The highest BCUT2D eigenvalue weighted by Gasteiger charge is 2.52. The molecule has 0 aromatic carbocycles. The summed E-state index contributed by atoms with van der Waals surface area (Å²) in [6.45, 7) is 12.9. The van der Waals surface area contributed by atoms with Crippen LogP contribution in [0.15, 0.2) is 36.0 Å². The molecule has 3 aliphatic carbocycles. The van der Waals surface area contributed by atoms with Gasteiger partial charge in [0.25, 0.3) is 0 Å². The second-order valence-corrected chi connectivity index (χ2v) is 11.6. The van der Waals surface area contributed by atoms with E-state index in [1.165, 1.54) is 12.0 Å². The molecular formula is C29H46N2O5. The predicted molar refractivity (Wildman–Crippen MR) is 141 cm³/mol. The Balaban J connectivity index is 1.82. The molecule has 7 nitrogen and oxygen atoms in total. The summed E-state index contributed by atoms with van der Waals surface area (Å²) in [4.78, 5) is 26.0. The number of allylic oxidation sites excluding steroid dienone is 2. The summed E-state index contributed by atoms with van der Waals surface area (Å²) in [7, 11) is 1.60. The monoisotopic (exact) mass is 502 g/mol. The van der Waals surface area contributed by atoms with Gasteiger partial charge in [0, 0.05) is 31.5 Å². The number of rotatable bonds is 10. The molecule has 1 saturated carbocycles. The molecule has 3 rings (SSSR count). The number of hydrogen-bond donors (Lipinski definition) is 2. The summed E-state index contributed by atoms with van der Waals surface area (Å²) in [5, 5.41) is 6.12. The van der Waals surface area contributed by atoms with Crippen molar-refractivity contribution in [2.45, 2.75) is 84.8 Å². The molecule has 3 aliphatic rings. The quantitative estimate of drug-likeness (QED) is 0.241. The van der Waals surface area contributed by atoms with Crippen molar-refractivity contribution in [3.8, 4) is 0 Å². The highest BCUT2D eigenvalue weighted by Crippen LogP contribution is 2.52. The second kappa shape index (κ2) is 12.4. The lowest BCUT2D eigenvalue weighted by molar-refractivity contribution is -0.132. The molecule has 0 aromatic rings. The third-order valence-electron chi connectivity index (χ3n) is 8.22. The number of alkyl carbamates (subject to hydrolysis) is 1. The Labute approximate surface area is 217 Å². The van der Waals surface area contributed by atoms with Gasteiger partial charge in [0.2, 0.25) is 5.91 Å². The summed E-state index contributed by atoms with van der Waals surface area (Å²) in [5.41, 5.74) is 1.00. The molecule has 4 atom stereocenters. The Kier molecular flexibility index (Phi) is 9.81. The molecule has 0 spiro atoms. The maximum Gasteiger partial charge on any atom is 0.407 e.